The molecule has 1 aromatic rings. The number of nitrogens with one attached hydrogen (secondary N) is 1. The second-order valence-electron chi connectivity index (χ2n) is 3.37. The monoisotopic (exact) mass is 191 g/mol. The molecule has 1 aliphatic heterocycles. The van der Waals surface area contributed by atoms with Gasteiger partial charge in [-0.2, -0.15) is 0 Å². The van der Waals surface area contributed by atoms with E-state index in [1.165, 1.54) is 0 Å². The van der Waals surface area contributed by atoms with Crippen LogP contribution in [-0.4, -0.2) is 18.4 Å². The van der Waals surface area contributed by atoms with Crippen LogP contribution in [0.2, 0.25) is 0 Å². The molecule has 0 aliphatic carbocycles. The Morgan fingerprint density at radius 2 is 2.29 bits per heavy atom. The maximum atomic E-state index is 10.8. The Balaban J connectivity index is 2.29. The molecule has 0 bridgehead atoms. The second kappa shape index (κ2) is 3.70. The number of benzene rings is 1. The summed E-state index contributed by atoms with van der Waals surface area (Å²) < 4.78 is 5.69. The summed E-state index contributed by atoms with van der Waals surface area (Å²) in [6.45, 7) is 2.01. The van der Waals surface area contributed by atoms with Gasteiger partial charge >= 0.3 is 0 Å². The summed E-state index contributed by atoms with van der Waals surface area (Å²) in [7, 11) is 0. The fraction of sp³-hybridized carbons (Fsp3) is 0.364. The number of para-hydroxylation sites is 2. The number of aldehydes is 1. The van der Waals surface area contributed by atoms with Gasteiger partial charge in [0.05, 0.1) is 5.69 Å². The Bertz CT molecular complexity index is 338. The third-order valence-electron chi connectivity index (χ3n) is 2.44. The first-order chi connectivity index (χ1) is 6.85. The minimum Gasteiger partial charge on any atom is -0.486 e. The molecule has 1 aliphatic rings. The molecule has 0 radical (unpaired) electrons. The van der Waals surface area contributed by atoms with Gasteiger partial charge in [-0.1, -0.05) is 19.1 Å². The molecule has 2 atom stereocenters. The number of fused-ring (bicyclic) bond motifs is 1. The number of anilines is 1. The van der Waals surface area contributed by atoms with Crippen molar-refractivity contribution in [3.05, 3.63) is 24.3 Å². The molecule has 2 unspecified atom stereocenters. The first kappa shape index (κ1) is 9.06. The van der Waals surface area contributed by atoms with Crippen LogP contribution in [0.15, 0.2) is 24.3 Å². The van der Waals surface area contributed by atoms with Crippen LogP contribution in [0, 0.1) is 0 Å². The quantitative estimate of drug-likeness (QED) is 0.725. The Morgan fingerprint density at radius 3 is 3.00 bits per heavy atom. The van der Waals surface area contributed by atoms with Gasteiger partial charge in [0.2, 0.25) is 0 Å². The maximum Gasteiger partial charge on any atom is 0.146 e. The molecule has 0 amide bonds. The van der Waals surface area contributed by atoms with E-state index in [1.54, 1.807) is 0 Å². The van der Waals surface area contributed by atoms with Gasteiger partial charge in [0.25, 0.3) is 0 Å². The molecule has 14 heavy (non-hydrogen) atoms. The minimum atomic E-state index is -0.227. The molecule has 2 rings (SSSR count). The normalized spacial score (nSPS) is 24.4. The molecule has 0 spiro atoms. The SMILES string of the molecule is CCC1Oc2ccccc2NC1C=O. The van der Waals surface area contributed by atoms with Crippen LogP contribution in [0.3, 0.4) is 0 Å². The van der Waals surface area contributed by atoms with E-state index in [9.17, 15) is 4.79 Å². The highest BCUT2D eigenvalue weighted by Crippen LogP contribution is 2.31. The summed E-state index contributed by atoms with van der Waals surface area (Å²) in [6.07, 6.45) is 1.68. The lowest BCUT2D eigenvalue weighted by atomic mass is 10.1. The molecule has 0 fully saturated rings. The lowest BCUT2D eigenvalue weighted by Crippen LogP contribution is -2.42. The van der Waals surface area contributed by atoms with Gasteiger partial charge in [-0.3, -0.25) is 0 Å². The third-order valence-corrected chi connectivity index (χ3v) is 2.44. The average molecular weight is 191 g/mol. The van der Waals surface area contributed by atoms with E-state index >= 15 is 0 Å². The summed E-state index contributed by atoms with van der Waals surface area (Å²) in [5.74, 6) is 0.831. The van der Waals surface area contributed by atoms with Gasteiger partial charge < -0.3 is 14.8 Å². The molecule has 1 heterocycles. The van der Waals surface area contributed by atoms with Crippen LogP contribution in [-0.2, 0) is 4.79 Å². The summed E-state index contributed by atoms with van der Waals surface area (Å²) >= 11 is 0. The Hall–Kier alpha value is -1.51. The van der Waals surface area contributed by atoms with Crippen molar-refractivity contribution in [3.8, 4) is 5.75 Å². The van der Waals surface area contributed by atoms with Crippen LogP contribution in [0.25, 0.3) is 0 Å². The predicted octanol–water partition coefficient (Wildman–Crippen LogP) is 1.84. The first-order valence-corrected chi connectivity index (χ1v) is 4.82. The average Bonchev–Trinajstić information content (AvgIpc) is 2.27. The molecule has 3 nitrogen and oxygen atoms in total. The van der Waals surface area contributed by atoms with Crippen molar-refractivity contribution in [2.24, 2.45) is 0 Å². The predicted molar refractivity (Wildman–Crippen MR) is 54.6 cm³/mol. The summed E-state index contributed by atoms with van der Waals surface area (Å²) in [6, 6.07) is 7.44. The highest BCUT2D eigenvalue weighted by molar-refractivity contribution is 5.70. The zero-order valence-electron chi connectivity index (χ0n) is 8.07. The summed E-state index contributed by atoms with van der Waals surface area (Å²) in [5.41, 5.74) is 0.898. The molecule has 74 valence electrons. The number of carbonyl (C=O) groups is 1. The van der Waals surface area contributed by atoms with E-state index in [-0.39, 0.29) is 12.1 Å². The van der Waals surface area contributed by atoms with Crippen molar-refractivity contribution in [1.82, 2.24) is 0 Å². The van der Waals surface area contributed by atoms with Gasteiger partial charge in [0.1, 0.15) is 24.2 Å². The standard InChI is InChI=1S/C11H13NO2/c1-2-10-9(7-13)12-8-5-3-4-6-11(8)14-10/h3-7,9-10,12H,2H2,1H3. The maximum absolute atomic E-state index is 10.8. The molecular formula is C11H13NO2. The lowest BCUT2D eigenvalue weighted by molar-refractivity contribution is -0.110. The van der Waals surface area contributed by atoms with Gasteiger partial charge in [-0.15, -0.1) is 0 Å². The number of carbonyl (C=O) groups excluding carboxylic acids is 1. The highest BCUT2D eigenvalue weighted by atomic mass is 16.5. The Labute approximate surface area is 83.1 Å². The van der Waals surface area contributed by atoms with E-state index in [2.05, 4.69) is 5.32 Å². The van der Waals surface area contributed by atoms with E-state index in [4.69, 9.17) is 4.74 Å². The fourth-order valence-corrected chi connectivity index (χ4v) is 1.66. The smallest absolute Gasteiger partial charge is 0.146 e. The van der Waals surface area contributed by atoms with Crippen molar-refractivity contribution in [3.63, 3.8) is 0 Å². The molecule has 0 aromatic heterocycles. The van der Waals surface area contributed by atoms with Crippen molar-refractivity contribution in [2.45, 2.75) is 25.5 Å². The third kappa shape index (κ3) is 1.45. The Morgan fingerprint density at radius 1 is 1.50 bits per heavy atom. The molecule has 1 aromatic carbocycles. The topological polar surface area (TPSA) is 38.3 Å². The van der Waals surface area contributed by atoms with E-state index in [0.717, 1.165) is 24.1 Å². The van der Waals surface area contributed by atoms with E-state index < -0.39 is 0 Å². The van der Waals surface area contributed by atoms with Gasteiger partial charge in [-0.05, 0) is 18.6 Å². The van der Waals surface area contributed by atoms with Crippen LogP contribution < -0.4 is 10.1 Å². The largest absolute Gasteiger partial charge is 0.486 e. The number of ether oxygens (including phenoxy) is 1. The second-order valence-corrected chi connectivity index (χ2v) is 3.37. The van der Waals surface area contributed by atoms with Crippen molar-refractivity contribution in [2.75, 3.05) is 5.32 Å². The van der Waals surface area contributed by atoms with Gasteiger partial charge in [-0.25, -0.2) is 0 Å². The zero-order valence-corrected chi connectivity index (χ0v) is 8.07. The summed E-state index contributed by atoms with van der Waals surface area (Å²) in [5, 5.41) is 3.15. The number of hydrogen-bond donors (Lipinski definition) is 1. The first-order valence-electron chi connectivity index (χ1n) is 4.82. The highest BCUT2D eigenvalue weighted by Gasteiger charge is 2.27. The van der Waals surface area contributed by atoms with Crippen molar-refractivity contribution in [1.29, 1.82) is 0 Å². The molecular weight excluding hydrogens is 178 g/mol. The van der Waals surface area contributed by atoms with Crippen LogP contribution in [0.4, 0.5) is 5.69 Å². The fourth-order valence-electron chi connectivity index (χ4n) is 1.66. The van der Waals surface area contributed by atoms with Crippen LogP contribution >= 0.6 is 0 Å². The molecule has 1 N–H and O–H groups in total. The molecule has 0 saturated carbocycles. The van der Waals surface area contributed by atoms with Gasteiger partial charge in [0.15, 0.2) is 0 Å². The number of hydrogen-bond acceptors (Lipinski definition) is 3. The zero-order chi connectivity index (χ0) is 9.97. The minimum absolute atomic E-state index is 0.0533. The van der Waals surface area contributed by atoms with E-state index in [1.807, 2.05) is 31.2 Å². The number of rotatable bonds is 2. The molecule has 0 saturated heterocycles. The van der Waals surface area contributed by atoms with Crippen LogP contribution in [0.1, 0.15) is 13.3 Å². The Kier molecular flexibility index (Phi) is 2.39. The van der Waals surface area contributed by atoms with Crippen molar-refractivity contribution >= 4 is 12.0 Å². The van der Waals surface area contributed by atoms with E-state index in [0.29, 0.717) is 0 Å². The van der Waals surface area contributed by atoms with Crippen molar-refractivity contribution < 1.29 is 9.53 Å². The molecule has 3 heteroatoms. The van der Waals surface area contributed by atoms with Gasteiger partial charge in [0, 0.05) is 0 Å². The summed E-state index contributed by atoms with van der Waals surface area (Å²) in [4.78, 5) is 10.8. The lowest BCUT2D eigenvalue weighted by Gasteiger charge is -2.31. The van der Waals surface area contributed by atoms with Crippen LogP contribution in [0.5, 0.6) is 5.75 Å².